The van der Waals surface area contributed by atoms with Crippen LogP contribution in [-0.2, 0) is 9.53 Å². The van der Waals surface area contributed by atoms with E-state index in [1.807, 2.05) is 24.3 Å². The molecule has 0 saturated carbocycles. The summed E-state index contributed by atoms with van der Waals surface area (Å²) in [5.74, 6) is -0.305. The Balaban J connectivity index is 2.30. The highest BCUT2D eigenvalue weighted by molar-refractivity contribution is 9.10. The minimum absolute atomic E-state index is 0.305. The molecule has 4 heteroatoms. The fourth-order valence-corrected chi connectivity index (χ4v) is 1.35. The van der Waals surface area contributed by atoms with Gasteiger partial charge in [0.15, 0.2) is 0 Å². The molecule has 0 aliphatic carbocycles. The molecular weight excluding hydrogens is 270 g/mol. The second kappa shape index (κ2) is 7.06. The van der Waals surface area contributed by atoms with E-state index in [9.17, 15) is 4.79 Å². The van der Waals surface area contributed by atoms with Gasteiger partial charge in [-0.1, -0.05) is 22.0 Å². The molecule has 1 aromatic rings. The standard InChI is InChI=1S/C12H14BrNO2/c1-2-16-12(15)4-3-9-14-11-7-5-10(13)6-8-11/h3-8,14H,2,9H2,1H3/b4-3+. The highest BCUT2D eigenvalue weighted by atomic mass is 79.9. The van der Waals surface area contributed by atoms with Crippen molar-refractivity contribution in [3.05, 3.63) is 40.9 Å². The summed E-state index contributed by atoms with van der Waals surface area (Å²) in [5.41, 5.74) is 1.01. The van der Waals surface area contributed by atoms with Gasteiger partial charge in [0.1, 0.15) is 0 Å². The number of carbonyl (C=O) groups is 1. The van der Waals surface area contributed by atoms with Crippen molar-refractivity contribution in [2.24, 2.45) is 0 Å². The predicted octanol–water partition coefficient (Wildman–Crippen LogP) is 2.98. The van der Waals surface area contributed by atoms with E-state index in [1.165, 1.54) is 6.08 Å². The molecule has 86 valence electrons. The van der Waals surface area contributed by atoms with E-state index in [2.05, 4.69) is 21.2 Å². The van der Waals surface area contributed by atoms with Crippen molar-refractivity contribution in [2.45, 2.75) is 6.92 Å². The summed E-state index contributed by atoms with van der Waals surface area (Å²) in [6.07, 6.45) is 3.16. The highest BCUT2D eigenvalue weighted by Gasteiger charge is 1.92. The van der Waals surface area contributed by atoms with Gasteiger partial charge in [-0.2, -0.15) is 0 Å². The number of nitrogens with one attached hydrogen (secondary N) is 1. The van der Waals surface area contributed by atoms with Crippen LogP contribution >= 0.6 is 15.9 Å². The third-order valence-electron chi connectivity index (χ3n) is 1.81. The topological polar surface area (TPSA) is 38.3 Å². The Kier molecular flexibility index (Phi) is 5.64. The van der Waals surface area contributed by atoms with Gasteiger partial charge in [-0.3, -0.25) is 0 Å². The molecule has 0 aliphatic rings. The number of halogens is 1. The quantitative estimate of drug-likeness (QED) is 0.667. The van der Waals surface area contributed by atoms with Crippen LogP contribution in [0.5, 0.6) is 0 Å². The normalized spacial score (nSPS) is 10.4. The third kappa shape index (κ3) is 4.98. The minimum Gasteiger partial charge on any atom is -0.463 e. The summed E-state index contributed by atoms with van der Waals surface area (Å²) in [6.45, 7) is 2.79. The van der Waals surface area contributed by atoms with Gasteiger partial charge in [-0.05, 0) is 31.2 Å². The molecule has 3 nitrogen and oxygen atoms in total. The Labute approximate surface area is 104 Å². The molecular formula is C12H14BrNO2. The van der Waals surface area contributed by atoms with Gasteiger partial charge in [0.05, 0.1) is 6.61 Å². The molecule has 0 aliphatic heterocycles. The zero-order chi connectivity index (χ0) is 11.8. The van der Waals surface area contributed by atoms with Gasteiger partial charge in [-0.25, -0.2) is 4.79 Å². The number of carbonyl (C=O) groups excluding carboxylic acids is 1. The SMILES string of the molecule is CCOC(=O)/C=C/CNc1ccc(Br)cc1. The number of hydrogen-bond acceptors (Lipinski definition) is 3. The molecule has 0 heterocycles. The van der Waals surface area contributed by atoms with Gasteiger partial charge in [0, 0.05) is 22.8 Å². The van der Waals surface area contributed by atoms with Crippen molar-refractivity contribution in [2.75, 3.05) is 18.5 Å². The molecule has 0 saturated heterocycles. The first-order valence-electron chi connectivity index (χ1n) is 5.05. The second-order valence-electron chi connectivity index (χ2n) is 3.04. The molecule has 0 aromatic heterocycles. The molecule has 0 atom stereocenters. The predicted molar refractivity (Wildman–Crippen MR) is 68.4 cm³/mol. The Hall–Kier alpha value is -1.29. The van der Waals surface area contributed by atoms with E-state index >= 15 is 0 Å². The Bertz CT molecular complexity index is 360. The molecule has 1 aromatic carbocycles. The fourth-order valence-electron chi connectivity index (χ4n) is 1.09. The molecule has 1 N–H and O–H groups in total. The zero-order valence-electron chi connectivity index (χ0n) is 9.07. The van der Waals surface area contributed by atoms with Gasteiger partial charge >= 0.3 is 5.97 Å². The molecule has 0 unspecified atom stereocenters. The summed E-state index contributed by atoms with van der Waals surface area (Å²) in [6, 6.07) is 7.83. The van der Waals surface area contributed by atoms with Crippen molar-refractivity contribution in [3.63, 3.8) is 0 Å². The van der Waals surface area contributed by atoms with Crippen LogP contribution in [0.2, 0.25) is 0 Å². The number of anilines is 1. The van der Waals surface area contributed by atoms with Crippen LogP contribution in [-0.4, -0.2) is 19.1 Å². The highest BCUT2D eigenvalue weighted by Crippen LogP contribution is 2.13. The Morgan fingerprint density at radius 1 is 1.44 bits per heavy atom. The van der Waals surface area contributed by atoms with Crippen molar-refractivity contribution < 1.29 is 9.53 Å². The van der Waals surface area contributed by atoms with Gasteiger partial charge in [0.2, 0.25) is 0 Å². The molecule has 0 radical (unpaired) electrons. The molecule has 0 bridgehead atoms. The lowest BCUT2D eigenvalue weighted by Gasteiger charge is -2.02. The van der Waals surface area contributed by atoms with Crippen molar-refractivity contribution >= 4 is 27.6 Å². The van der Waals surface area contributed by atoms with E-state index in [0.717, 1.165) is 10.2 Å². The number of benzene rings is 1. The summed E-state index contributed by atoms with van der Waals surface area (Å²) in [4.78, 5) is 11.0. The van der Waals surface area contributed by atoms with E-state index in [-0.39, 0.29) is 5.97 Å². The molecule has 1 rings (SSSR count). The number of esters is 1. The van der Waals surface area contributed by atoms with Gasteiger partial charge in [-0.15, -0.1) is 0 Å². The van der Waals surface area contributed by atoms with E-state index in [0.29, 0.717) is 13.2 Å². The van der Waals surface area contributed by atoms with Crippen LogP contribution in [0.3, 0.4) is 0 Å². The lowest BCUT2D eigenvalue weighted by molar-refractivity contribution is -0.137. The average Bonchev–Trinajstić information content (AvgIpc) is 2.27. The van der Waals surface area contributed by atoms with E-state index < -0.39 is 0 Å². The first-order chi connectivity index (χ1) is 7.72. The summed E-state index contributed by atoms with van der Waals surface area (Å²) < 4.78 is 5.79. The van der Waals surface area contributed by atoms with Crippen LogP contribution in [0.1, 0.15) is 6.92 Å². The van der Waals surface area contributed by atoms with Gasteiger partial charge in [0.25, 0.3) is 0 Å². The summed E-state index contributed by atoms with van der Waals surface area (Å²) >= 11 is 3.36. The average molecular weight is 284 g/mol. The van der Waals surface area contributed by atoms with Crippen molar-refractivity contribution in [1.82, 2.24) is 0 Å². The number of hydrogen-bond donors (Lipinski definition) is 1. The first kappa shape index (κ1) is 12.8. The lowest BCUT2D eigenvalue weighted by Crippen LogP contribution is -2.02. The second-order valence-corrected chi connectivity index (χ2v) is 3.96. The van der Waals surface area contributed by atoms with Crippen LogP contribution in [0.4, 0.5) is 5.69 Å². The monoisotopic (exact) mass is 283 g/mol. The largest absolute Gasteiger partial charge is 0.463 e. The number of rotatable bonds is 5. The molecule has 0 amide bonds. The van der Waals surface area contributed by atoms with Crippen LogP contribution in [0, 0.1) is 0 Å². The Morgan fingerprint density at radius 2 is 2.12 bits per heavy atom. The van der Waals surface area contributed by atoms with Crippen molar-refractivity contribution in [1.29, 1.82) is 0 Å². The number of ether oxygens (including phenoxy) is 1. The summed E-state index contributed by atoms with van der Waals surface area (Å²) in [7, 11) is 0. The maximum Gasteiger partial charge on any atom is 0.330 e. The van der Waals surface area contributed by atoms with Crippen molar-refractivity contribution in [3.8, 4) is 0 Å². The molecule has 0 spiro atoms. The minimum atomic E-state index is -0.305. The molecule has 0 fully saturated rings. The van der Waals surface area contributed by atoms with Crippen LogP contribution in [0.15, 0.2) is 40.9 Å². The fraction of sp³-hybridized carbons (Fsp3) is 0.250. The van der Waals surface area contributed by atoms with Crippen LogP contribution < -0.4 is 5.32 Å². The first-order valence-corrected chi connectivity index (χ1v) is 5.84. The van der Waals surface area contributed by atoms with E-state index in [4.69, 9.17) is 4.74 Å². The Morgan fingerprint density at radius 3 is 2.75 bits per heavy atom. The van der Waals surface area contributed by atoms with E-state index in [1.54, 1.807) is 13.0 Å². The van der Waals surface area contributed by atoms with Gasteiger partial charge < -0.3 is 10.1 Å². The maximum absolute atomic E-state index is 11.0. The maximum atomic E-state index is 11.0. The third-order valence-corrected chi connectivity index (χ3v) is 2.34. The molecule has 16 heavy (non-hydrogen) atoms. The smallest absolute Gasteiger partial charge is 0.330 e. The zero-order valence-corrected chi connectivity index (χ0v) is 10.7. The van der Waals surface area contributed by atoms with Crippen LogP contribution in [0.25, 0.3) is 0 Å². The lowest BCUT2D eigenvalue weighted by atomic mass is 10.3. The summed E-state index contributed by atoms with van der Waals surface area (Å²) in [5, 5.41) is 3.15.